The van der Waals surface area contributed by atoms with E-state index >= 15 is 0 Å². The Morgan fingerprint density at radius 1 is 1.15 bits per heavy atom. The first kappa shape index (κ1) is 16.4. The Labute approximate surface area is 152 Å². The second kappa shape index (κ2) is 6.33. The normalized spacial score (nSPS) is 15.4. The molecule has 1 atom stereocenters. The number of H-pyrrole nitrogens is 1. The maximum atomic E-state index is 12.9. The molecule has 0 saturated carbocycles. The van der Waals surface area contributed by atoms with E-state index in [0.717, 1.165) is 22.6 Å². The summed E-state index contributed by atoms with van der Waals surface area (Å²) in [5, 5.41) is 7.28. The quantitative estimate of drug-likeness (QED) is 0.787. The van der Waals surface area contributed by atoms with Gasteiger partial charge in [0.2, 0.25) is 0 Å². The van der Waals surface area contributed by atoms with Crippen molar-refractivity contribution in [3.05, 3.63) is 65.2 Å². The van der Waals surface area contributed by atoms with Crippen molar-refractivity contribution in [2.75, 3.05) is 11.9 Å². The van der Waals surface area contributed by atoms with Crippen molar-refractivity contribution in [3.8, 4) is 17.0 Å². The average molecular weight is 347 g/mol. The van der Waals surface area contributed by atoms with Crippen LogP contribution in [-0.4, -0.2) is 29.3 Å². The molecular weight excluding hydrogens is 326 g/mol. The molecule has 0 fully saturated rings. The molecule has 0 radical (unpaired) electrons. The van der Waals surface area contributed by atoms with Gasteiger partial charge in [0, 0.05) is 19.5 Å². The maximum Gasteiger partial charge on any atom is 0.269 e. The first-order valence-corrected chi connectivity index (χ1v) is 8.68. The number of ether oxygens (including phenoxy) is 1. The standard InChI is InChI=1S/C21H21N3O2/c1-13-9-16-11-19(26-18(16)10-14(13)2)21(25)24(3)20-12-17(22-23-20)15-7-5-4-6-8-15/h4-10,12,19H,11H2,1-3H3,(H,22,23)/t19-/m1/s1. The molecule has 1 amide bonds. The smallest absolute Gasteiger partial charge is 0.269 e. The molecule has 5 nitrogen and oxygen atoms in total. The van der Waals surface area contributed by atoms with Crippen LogP contribution in [0, 0.1) is 13.8 Å². The Bertz CT molecular complexity index is 932. The Balaban J connectivity index is 1.52. The molecule has 3 aromatic rings. The molecule has 0 spiro atoms. The van der Waals surface area contributed by atoms with Gasteiger partial charge in [-0.25, -0.2) is 0 Å². The second-order valence-corrected chi connectivity index (χ2v) is 6.76. The minimum atomic E-state index is -0.506. The summed E-state index contributed by atoms with van der Waals surface area (Å²) in [5.41, 5.74) is 5.38. The van der Waals surface area contributed by atoms with Gasteiger partial charge in [0.1, 0.15) is 5.75 Å². The van der Waals surface area contributed by atoms with Gasteiger partial charge < -0.3 is 4.74 Å². The molecule has 5 heteroatoms. The molecule has 0 unspecified atom stereocenters. The largest absolute Gasteiger partial charge is 0.480 e. The van der Waals surface area contributed by atoms with Crippen LogP contribution in [0.3, 0.4) is 0 Å². The fourth-order valence-electron chi connectivity index (χ4n) is 3.23. The van der Waals surface area contributed by atoms with Crippen LogP contribution >= 0.6 is 0 Å². The first-order chi connectivity index (χ1) is 12.5. The number of nitrogens with one attached hydrogen (secondary N) is 1. The van der Waals surface area contributed by atoms with E-state index in [1.54, 1.807) is 11.9 Å². The topological polar surface area (TPSA) is 58.2 Å². The molecule has 1 aromatic heterocycles. The van der Waals surface area contributed by atoms with Gasteiger partial charge in [-0.3, -0.25) is 14.8 Å². The van der Waals surface area contributed by atoms with Gasteiger partial charge in [-0.15, -0.1) is 0 Å². The zero-order valence-electron chi connectivity index (χ0n) is 15.1. The van der Waals surface area contributed by atoms with E-state index in [0.29, 0.717) is 12.2 Å². The lowest BCUT2D eigenvalue weighted by Crippen LogP contribution is -2.39. The van der Waals surface area contributed by atoms with Crippen LogP contribution < -0.4 is 9.64 Å². The number of hydrogen-bond donors (Lipinski definition) is 1. The molecule has 1 N–H and O–H groups in total. The molecule has 26 heavy (non-hydrogen) atoms. The predicted molar refractivity (Wildman–Crippen MR) is 101 cm³/mol. The van der Waals surface area contributed by atoms with Gasteiger partial charge in [-0.05, 0) is 42.2 Å². The van der Waals surface area contributed by atoms with Gasteiger partial charge >= 0.3 is 0 Å². The van der Waals surface area contributed by atoms with Crippen molar-refractivity contribution in [2.45, 2.75) is 26.4 Å². The number of hydrogen-bond acceptors (Lipinski definition) is 3. The molecule has 4 rings (SSSR count). The van der Waals surface area contributed by atoms with Crippen LogP contribution in [-0.2, 0) is 11.2 Å². The van der Waals surface area contributed by atoms with Crippen molar-refractivity contribution in [2.24, 2.45) is 0 Å². The maximum absolute atomic E-state index is 12.9. The third kappa shape index (κ3) is 2.86. The molecule has 0 bridgehead atoms. The van der Waals surface area contributed by atoms with Crippen LogP contribution in [0.2, 0.25) is 0 Å². The number of carbonyl (C=O) groups excluding carboxylic acids is 1. The van der Waals surface area contributed by atoms with E-state index in [4.69, 9.17) is 4.74 Å². The minimum absolute atomic E-state index is 0.0948. The molecule has 2 heterocycles. The van der Waals surface area contributed by atoms with Crippen LogP contribution in [0.4, 0.5) is 5.82 Å². The highest BCUT2D eigenvalue weighted by Gasteiger charge is 2.32. The summed E-state index contributed by atoms with van der Waals surface area (Å²) in [7, 11) is 1.73. The predicted octanol–water partition coefficient (Wildman–Crippen LogP) is 3.66. The third-order valence-electron chi connectivity index (χ3n) is 4.95. The molecule has 1 aliphatic heterocycles. The molecule has 132 valence electrons. The molecule has 0 aliphatic carbocycles. The van der Waals surface area contributed by atoms with Crippen molar-refractivity contribution in [1.29, 1.82) is 0 Å². The van der Waals surface area contributed by atoms with Gasteiger partial charge in [0.15, 0.2) is 11.9 Å². The molecule has 0 saturated heterocycles. The summed E-state index contributed by atoms with van der Waals surface area (Å²) < 4.78 is 5.91. The summed E-state index contributed by atoms with van der Waals surface area (Å²) in [4.78, 5) is 14.4. The summed E-state index contributed by atoms with van der Waals surface area (Å²) in [6, 6.07) is 15.9. The number of aryl methyl sites for hydroxylation is 2. The zero-order valence-corrected chi connectivity index (χ0v) is 15.1. The lowest BCUT2D eigenvalue weighted by atomic mass is 10.0. The Hall–Kier alpha value is -3.08. The van der Waals surface area contributed by atoms with Crippen LogP contribution in [0.25, 0.3) is 11.3 Å². The van der Waals surface area contributed by atoms with Crippen LogP contribution in [0.5, 0.6) is 5.75 Å². The highest BCUT2D eigenvalue weighted by Crippen LogP contribution is 2.32. The highest BCUT2D eigenvalue weighted by atomic mass is 16.5. The SMILES string of the molecule is Cc1cc2c(cc1C)O[C@@H](C(=O)N(C)c1cc(-c3ccccc3)[nH]n1)C2. The third-order valence-corrected chi connectivity index (χ3v) is 4.95. The Kier molecular flexibility index (Phi) is 3.99. The van der Waals surface area contributed by atoms with Gasteiger partial charge in [-0.1, -0.05) is 36.4 Å². The molecule has 2 aromatic carbocycles. The summed E-state index contributed by atoms with van der Waals surface area (Å²) in [6.07, 6.45) is 0.0864. The van der Waals surface area contributed by atoms with Crippen molar-refractivity contribution < 1.29 is 9.53 Å². The number of aromatic amines is 1. The second-order valence-electron chi connectivity index (χ2n) is 6.76. The number of fused-ring (bicyclic) bond motifs is 1. The average Bonchev–Trinajstić information content (AvgIpc) is 3.29. The lowest BCUT2D eigenvalue weighted by Gasteiger charge is -2.18. The highest BCUT2D eigenvalue weighted by molar-refractivity contribution is 5.96. The lowest BCUT2D eigenvalue weighted by molar-refractivity contribution is -0.124. The van der Waals surface area contributed by atoms with Crippen molar-refractivity contribution in [3.63, 3.8) is 0 Å². The number of carbonyl (C=O) groups is 1. The van der Waals surface area contributed by atoms with Crippen LogP contribution in [0.15, 0.2) is 48.5 Å². The summed E-state index contributed by atoms with van der Waals surface area (Å²) in [5.74, 6) is 1.30. The number of benzene rings is 2. The number of nitrogens with zero attached hydrogens (tertiary/aromatic N) is 2. The van der Waals surface area contributed by atoms with E-state index < -0.39 is 6.10 Å². The van der Waals surface area contributed by atoms with E-state index in [1.165, 1.54) is 11.1 Å². The van der Waals surface area contributed by atoms with E-state index in [1.807, 2.05) is 42.5 Å². The van der Waals surface area contributed by atoms with E-state index in [2.05, 4.69) is 30.1 Å². The zero-order chi connectivity index (χ0) is 18.3. The first-order valence-electron chi connectivity index (χ1n) is 8.68. The number of rotatable bonds is 3. The van der Waals surface area contributed by atoms with E-state index in [9.17, 15) is 4.79 Å². The van der Waals surface area contributed by atoms with Crippen molar-refractivity contribution >= 4 is 11.7 Å². The Morgan fingerprint density at radius 2 is 1.88 bits per heavy atom. The van der Waals surface area contributed by atoms with Gasteiger partial charge in [0.25, 0.3) is 5.91 Å². The summed E-state index contributed by atoms with van der Waals surface area (Å²) >= 11 is 0. The molecule has 1 aliphatic rings. The number of aromatic nitrogens is 2. The fourth-order valence-corrected chi connectivity index (χ4v) is 3.23. The number of anilines is 1. The van der Waals surface area contributed by atoms with Crippen LogP contribution in [0.1, 0.15) is 16.7 Å². The van der Waals surface area contributed by atoms with E-state index in [-0.39, 0.29) is 5.91 Å². The minimum Gasteiger partial charge on any atom is -0.480 e. The Morgan fingerprint density at radius 3 is 2.65 bits per heavy atom. The number of likely N-dealkylation sites (N-methyl/N-ethyl adjacent to an activating group) is 1. The van der Waals surface area contributed by atoms with Gasteiger partial charge in [0.05, 0.1) is 5.69 Å². The number of amides is 1. The summed E-state index contributed by atoms with van der Waals surface area (Å²) in [6.45, 7) is 4.13. The van der Waals surface area contributed by atoms with Gasteiger partial charge in [-0.2, -0.15) is 5.10 Å². The monoisotopic (exact) mass is 347 g/mol. The molecular formula is C21H21N3O2. The van der Waals surface area contributed by atoms with Crippen molar-refractivity contribution in [1.82, 2.24) is 10.2 Å². The fraction of sp³-hybridized carbons (Fsp3) is 0.238.